The quantitative estimate of drug-likeness (QED) is 0.577. The lowest BCUT2D eigenvalue weighted by Crippen LogP contribution is -2.45. The van der Waals surface area contributed by atoms with Gasteiger partial charge in [-0.2, -0.15) is 0 Å². The average Bonchev–Trinajstić information content (AvgIpc) is 2.95. The number of guanidine groups is 1. The van der Waals surface area contributed by atoms with Crippen LogP contribution in [0.4, 0.5) is 0 Å². The predicted octanol–water partition coefficient (Wildman–Crippen LogP) is 2.42. The highest BCUT2D eigenvalue weighted by atomic mass is 16.5. The Morgan fingerprint density at radius 2 is 1.89 bits per heavy atom. The summed E-state index contributed by atoms with van der Waals surface area (Å²) in [7, 11) is 3.70. The highest BCUT2D eigenvalue weighted by Crippen LogP contribution is 2.20. The van der Waals surface area contributed by atoms with Gasteiger partial charge in [-0.1, -0.05) is 51.1 Å². The van der Waals surface area contributed by atoms with E-state index in [1.54, 1.807) is 7.11 Å². The molecule has 0 saturated carbocycles. The van der Waals surface area contributed by atoms with Crippen molar-refractivity contribution in [3.8, 4) is 0 Å². The molecule has 0 fully saturated rings. The maximum absolute atomic E-state index is 5.64. The third-order valence-corrected chi connectivity index (χ3v) is 4.56. The van der Waals surface area contributed by atoms with E-state index in [1.807, 2.05) is 36.7 Å². The molecular formula is C20H32N6O. The van der Waals surface area contributed by atoms with E-state index in [9.17, 15) is 0 Å². The maximum Gasteiger partial charge on any atom is 0.192 e. The minimum absolute atomic E-state index is 0.0347. The number of nitrogens with zero attached hydrogens (tertiary/aromatic N) is 4. The molecule has 1 aromatic carbocycles. The highest BCUT2D eigenvalue weighted by molar-refractivity contribution is 5.79. The van der Waals surface area contributed by atoms with E-state index in [1.165, 1.54) is 0 Å². The van der Waals surface area contributed by atoms with Crippen LogP contribution in [0.25, 0.3) is 0 Å². The number of rotatable bonds is 7. The van der Waals surface area contributed by atoms with Crippen LogP contribution >= 0.6 is 0 Å². The van der Waals surface area contributed by atoms with E-state index < -0.39 is 0 Å². The van der Waals surface area contributed by atoms with Gasteiger partial charge >= 0.3 is 0 Å². The Morgan fingerprint density at radius 3 is 2.44 bits per heavy atom. The van der Waals surface area contributed by atoms with Crippen molar-refractivity contribution in [3.05, 3.63) is 47.5 Å². The summed E-state index contributed by atoms with van der Waals surface area (Å²) in [6.07, 6.45) is 0.0679. The lowest BCUT2D eigenvalue weighted by atomic mass is 9.89. The first-order valence-electron chi connectivity index (χ1n) is 9.25. The second kappa shape index (κ2) is 9.50. The van der Waals surface area contributed by atoms with Gasteiger partial charge in [0.2, 0.25) is 0 Å². The molecule has 27 heavy (non-hydrogen) atoms. The normalized spacial score (nSPS) is 13.5. The van der Waals surface area contributed by atoms with Crippen molar-refractivity contribution in [3.63, 3.8) is 0 Å². The van der Waals surface area contributed by atoms with Gasteiger partial charge in [-0.25, -0.2) is 4.99 Å². The Morgan fingerprint density at radius 1 is 1.19 bits per heavy atom. The van der Waals surface area contributed by atoms with Crippen molar-refractivity contribution in [2.24, 2.45) is 17.5 Å². The standard InChI is InChI=1S/C20H32N6O/c1-15-24-25-18(26(15)5)14-23-19(21-12-16-10-8-7-9-11-16)22-13-17(27-6)20(2,3)4/h7-11,17H,12-14H2,1-6H3,(H2,21,22,23). The van der Waals surface area contributed by atoms with Gasteiger partial charge < -0.3 is 19.9 Å². The molecule has 1 unspecified atom stereocenters. The second-order valence-corrected chi connectivity index (χ2v) is 7.70. The molecule has 1 heterocycles. The summed E-state index contributed by atoms with van der Waals surface area (Å²) in [6.45, 7) is 10.2. The van der Waals surface area contributed by atoms with Crippen LogP contribution in [0.3, 0.4) is 0 Å². The molecule has 7 nitrogen and oxygen atoms in total. The van der Waals surface area contributed by atoms with Gasteiger partial charge in [0, 0.05) is 20.7 Å². The predicted molar refractivity (Wildman–Crippen MR) is 108 cm³/mol. The highest BCUT2D eigenvalue weighted by Gasteiger charge is 2.24. The van der Waals surface area contributed by atoms with Crippen LogP contribution in [-0.2, 0) is 24.9 Å². The molecule has 0 aliphatic heterocycles. The molecule has 0 aliphatic rings. The lowest BCUT2D eigenvalue weighted by Gasteiger charge is -2.30. The number of benzene rings is 1. The van der Waals surface area contributed by atoms with Crippen LogP contribution < -0.4 is 10.6 Å². The van der Waals surface area contributed by atoms with Crippen LogP contribution in [0.15, 0.2) is 35.3 Å². The molecule has 0 spiro atoms. The van der Waals surface area contributed by atoms with Crippen LogP contribution in [-0.4, -0.2) is 40.5 Å². The molecule has 2 rings (SSSR count). The number of methoxy groups -OCH3 is 1. The van der Waals surface area contributed by atoms with E-state index >= 15 is 0 Å². The SMILES string of the molecule is COC(CNC(=NCc1ccccc1)NCc1nnc(C)n1C)C(C)(C)C. The largest absolute Gasteiger partial charge is 0.379 e. The fourth-order valence-electron chi connectivity index (χ4n) is 2.63. The van der Waals surface area contributed by atoms with Gasteiger partial charge in [-0.3, -0.25) is 0 Å². The summed E-state index contributed by atoms with van der Waals surface area (Å²) in [5.41, 5.74) is 1.19. The number of aromatic nitrogens is 3. The summed E-state index contributed by atoms with van der Waals surface area (Å²) in [4.78, 5) is 4.72. The first-order valence-corrected chi connectivity index (χ1v) is 9.25. The average molecular weight is 373 g/mol. The number of hydrogen-bond donors (Lipinski definition) is 2. The van der Waals surface area contributed by atoms with E-state index in [0.717, 1.165) is 23.2 Å². The zero-order valence-electron chi connectivity index (χ0n) is 17.3. The van der Waals surface area contributed by atoms with E-state index in [0.29, 0.717) is 19.6 Å². The molecule has 0 amide bonds. The van der Waals surface area contributed by atoms with Gasteiger partial charge in [-0.05, 0) is 17.9 Å². The van der Waals surface area contributed by atoms with Crippen LogP contribution in [0.2, 0.25) is 0 Å². The van der Waals surface area contributed by atoms with E-state index in [2.05, 4.69) is 53.7 Å². The van der Waals surface area contributed by atoms with Crippen molar-refractivity contribution >= 4 is 5.96 Å². The Balaban J connectivity index is 2.06. The van der Waals surface area contributed by atoms with Gasteiger partial charge in [0.15, 0.2) is 11.8 Å². The zero-order chi connectivity index (χ0) is 19.9. The summed E-state index contributed by atoms with van der Waals surface area (Å²) in [5.74, 6) is 2.47. The number of aryl methyl sites for hydroxylation is 1. The minimum Gasteiger partial charge on any atom is -0.379 e. The first-order chi connectivity index (χ1) is 12.8. The third kappa shape index (κ3) is 6.36. The minimum atomic E-state index is 0.0347. The smallest absolute Gasteiger partial charge is 0.192 e. The third-order valence-electron chi connectivity index (χ3n) is 4.56. The van der Waals surface area contributed by atoms with Crippen LogP contribution in [0.1, 0.15) is 38.0 Å². The Bertz CT molecular complexity index is 733. The van der Waals surface area contributed by atoms with Crippen LogP contribution in [0.5, 0.6) is 0 Å². The van der Waals surface area contributed by atoms with E-state index in [-0.39, 0.29) is 11.5 Å². The fraction of sp³-hybridized carbons (Fsp3) is 0.550. The van der Waals surface area contributed by atoms with Gasteiger partial charge in [0.25, 0.3) is 0 Å². The van der Waals surface area contributed by atoms with Gasteiger partial charge in [-0.15, -0.1) is 10.2 Å². The number of ether oxygens (including phenoxy) is 1. The van der Waals surface area contributed by atoms with Crippen molar-refractivity contribution in [2.45, 2.75) is 46.9 Å². The molecule has 7 heteroatoms. The van der Waals surface area contributed by atoms with Gasteiger partial charge in [0.1, 0.15) is 5.82 Å². The number of hydrogen-bond acceptors (Lipinski definition) is 4. The lowest BCUT2D eigenvalue weighted by molar-refractivity contribution is 0.0205. The molecule has 0 bridgehead atoms. The first kappa shape index (κ1) is 20.9. The number of aliphatic imine (C=N–C) groups is 1. The fourth-order valence-corrected chi connectivity index (χ4v) is 2.63. The molecule has 2 aromatic rings. The molecule has 1 atom stereocenters. The summed E-state index contributed by atoms with van der Waals surface area (Å²) in [6, 6.07) is 10.2. The molecule has 0 aliphatic carbocycles. The van der Waals surface area contributed by atoms with E-state index in [4.69, 9.17) is 9.73 Å². The van der Waals surface area contributed by atoms with Gasteiger partial charge in [0.05, 0.1) is 19.2 Å². The Kier molecular flexibility index (Phi) is 7.36. The Hall–Kier alpha value is -2.41. The summed E-state index contributed by atoms with van der Waals surface area (Å²) in [5, 5.41) is 15.1. The Labute approximate surface area is 162 Å². The monoisotopic (exact) mass is 372 g/mol. The second-order valence-electron chi connectivity index (χ2n) is 7.70. The molecule has 0 radical (unpaired) electrons. The molecule has 2 N–H and O–H groups in total. The zero-order valence-corrected chi connectivity index (χ0v) is 17.3. The topological polar surface area (TPSA) is 76.4 Å². The van der Waals surface area contributed by atoms with Crippen molar-refractivity contribution in [1.82, 2.24) is 25.4 Å². The molecule has 1 aromatic heterocycles. The molecular weight excluding hydrogens is 340 g/mol. The maximum atomic E-state index is 5.64. The van der Waals surface area contributed by atoms with Crippen molar-refractivity contribution in [1.29, 1.82) is 0 Å². The van der Waals surface area contributed by atoms with Crippen molar-refractivity contribution in [2.75, 3.05) is 13.7 Å². The van der Waals surface area contributed by atoms with Crippen molar-refractivity contribution < 1.29 is 4.74 Å². The number of nitrogens with one attached hydrogen (secondary N) is 2. The summed E-state index contributed by atoms with van der Waals surface area (Å²) < 4.78 is 7.61. The molecule has 0 saturated heterocycles. The van der Waals surface area contributed by atoms with Crippen LogP contribution in [0, 0.1) is 12.3 Å². The molecule has 148 valence electrons. The summed E-state index contributed by atoms with van der Waals surface area (Å²) >= 11 is 0.